The van der Waals surface area contributed by atoms with Crippen molar-refractivity contribution in [3.8, 4) is 0 Å². The summed E-state index contributed by atoms with van der Waals surface area (Å²) in [6.45, 7) is 2.13. The monoisotopic (exact) mass is 230 g/mol. The van der Waals surface area contributed by atoms with Crippen LogP contribution in [0.25, 0.3) is 6.08 Å². The molecule has 0 fully saturated rings. The molecule has 90 valence electrons. The predicted molar refractivity (Wildman–Crippen MR) is 70.2 cm³/mol. The molecule has 17 heavy (non-hydrogen) atoms. The molecule has 0 atom stereocenters. The zero-order chi connectivity index (χ0) is 12.3. The fourth-order valence-corrected chi connectivity index (χ4v) is 1.27. The topological polar surface area (TPSA) is 26.3 Å². The van der Waals surface area contributed by atoms with Crippen LogP contribution in [0, 0.1) is 0 Å². The summed E-state index contributed by atoms with van der Waals surface area (Å²) in [5.41, 5.74) is 0.986. The molecule has 0 spiro atoms. The summed E-state index contributed by atoms with van der Waals surface area (Å²) in [5.74, 6) is -0.346. The van der Waals surface area contributed by atoms with Crippen LogP contribution in [0.5, 0.6) is 0 Å². The van der Waals surface area contributed by atoms with Gasteiger partial charge in [0.25, 0.3) is 0 Å². The molecule has 0 radical (unpaired) electrons. The molecule has 0 unspecified atom stereocenters. The van der Waals surface area contributed by atoms with E-state index in [2.05, 4.69) is 6.92 Å². The molecular weight excluding hydrogens is 212 g/mol. The maximum atomic E-state index is 11.3. The van der Waals surface area contributed by atoms with Crippen molar-refractivity contribution in [1.82, 2.24) is 0 Å². The number of carbonyl (C=O) groups excluding carboxylic acids is 1. The number of allylic oxidation sites excluding steroid dienone is 1. The molecule has 1 aromatic carbocycles. The minimum Gasteiger partial charge on any atom is -0.432 e. The first-order valence-corrected chi connectivity index (χ1v) is 5.91. The van der Waals surface area contributed by atoms with Gasteiger partial charge in [-0.2, -0.15) is 0 Å². The molecule has 1 rings (SSSR count). The van der Waals surface area contributed by atoms with Gasteiger partial charge in [0.1, 0.15) is 0 Å². The van der Waals surface area contributed by atoms with E-state index >= 15 is 0 Å². The summed E-state index contributed by atoms with van der Waals surface area (Å²) in [4.78, 5) is 11.3. The van der Waals surface area contributed by atoms with Gasteiger partial charge in [0.2, 0.25) is 0 Å². The molecule has 0 aliphatic rings. The van der Waals surface area contributed by atoms with Gasteiger partial charge in [0.15, 0.2) is 0 Å². The van der Waals surface area contributed by atoms with E-state index in [1.807, 2.05) is 36.4 Å². The third-order valence-electron chi connectivity index (χ3n) is 2.22. The molecule has 0 heterocycles. The van der Waals surface area contributed by atoms with E-state index in [0.29, 0.717) is 0 Å². The van der Waals surface area contributed by atoms with Crippen LogP contribution in [0.4, 0.5) is 0 Å². The van der Waals surface area contributed by atoms with Gasteiger partial charge in [0.05, 0.1) is 6.26 Å². The third-order valence-corrected chi connectivity index (χ3v) is 2.22. The summed E-state index contributed by atoms with van der Waals surface area (Å²) >= 11 is 0. The minimum absolute atomic E-state index is 0.346. The van der Waals surface area contributed by atoms with Gasteiger partial charge >= 0.3 is 5.97 Å². The average Bonchev–Trinajstić information content (AvgIpc) is 2.37. The van der Waals surface area contributed by atoms with Crippen molar-refractivity contribution in [2.75, 3.05) is 0 Å². The lowest BCUT2D eigenvalue weighted by molar-refractivity contribution is -0.132. The first-order valence-electron chi connectivity index (χ1n) is 5.91. The SMILES string of the molecule is CCCC/C=C/OC(=O)/C=C/c1ccccc1. The number of benzene rings is 1. The molecule has 0 saturated carbocycles. The number of ether oxygens (including phenoxy) is 1. The van der Waals surface area contributed by atoms with Crippen LogP contribution in [0.15, 0.2) is 48.7 Å². The van der Waals surface area contributed by atoms with Crippen molar-refractivity contribution < 1.29 is 9.53 Å². The smallest absolute Gasteiger partial charge is 0.335 e. The molecule has 2 nitrogen and oxygen atoms in total. The zero-order valence-corrected chi connectivity index (χ0v) is 10.1. The maximum Gasteiger partial charge on any atom is 0.335 e. The Morgan fingerprint density at radius 3 is 2.76 bits per heavy atom. The summed E-state index contributed by atoms with van der Waals surface area (Å²) in [7, 11) is 0. The highest BCUT2D eigenvalue weighted by Gasteiger charge is 1.92. The summed E-state index contributed by atoms with van der Waals surface area (Å²) in [6.07, 6.45) is 9.72. The van der Waals surface area contributed by atoms with Gasteiger partial charge in [-0.05, 0) is 30.6 Å². The van der Waals surface area contributed by atoms with E-state index in [4.69, 9.17) is 4.74 Å². The van der Waals surface area contributed by atoms with Crippen LogP contribution in [-0.2, 0) is 9.53 Å². The van der Waals surface area contributed by atoms with Crippen molar-refractivity contribution in [2.45, 2.75) is 26.2 Å². The Morgan fingerprint density at radius 2 is 2.06 bits per heavy atom. The lowest BCUT2D eigenvalue weighted by atomic mass is 10.2. The van der Waals surface area contributed by atoms with E-state index in [0.717, 1.165) is 24.8 Å². The highest BCUT2D eigenvalue weighted by atomic mass is 16.5. The van der Waals surface area contributed by atoms with Gasteiger partial charge < -0.3 is 4.74 Å². The Balaban J connectivity index is 2.30. The van der Waals surface area contributed by atoms with Crippen LogP contribution in [0.3, 0.4) is 0 Å². The van der Waals surface area contributed by atoms with E-state index < -0.39 is 0 Å². The van der Waals surface area contributed by atoms with E-state index in [1.54, 1.807) is 6.08 Å². The van der Waals surface area contributed by atoms with Gasteiger partial charge in [-0.3, -0.25) is 0 Å². The van der Waals surface area contributed by atoms with Gasteiger partial charge in [-0.1, -0.05) is 43.7 Å². The van der Waals surface area contributed by atoms with Crippen LogP contribution >= 0.6 is 0 Å². The number of unbranched alkanes of at least 4 members (excludes halogenated alkanes) is 2. The maximum absolute atomic E-state index is 11.3. The van der Waals surface area contributed by atoms with E-state index in [9.17, 15) is 4.79 Å². The second-order valence-corrected chi connectivity index (χ2v) is 3.69. The average molecular weight is 230 g/mol. The van der Waals surface area contributed by atoms with Gasteiger partial charge in [0, 0.05) is 6.08 Å². The first-order chi connectivity index (χ1) is 8.33. The Morgan fingerprint density at radius 1 is 1.29 bits per heavy atom. The summed E-state index contributed by atoms with van der Waals surface area (Å²) in [5, 5.41) is 0. The normalized spacial score (nSPS) is 11.1. The van der Waals surface area contributed by atoms with Crippen LogP contribution in [-0.4, -0.2) is 5.97 Å². The molecule has 2 heteroatoms. The third kappa shape index (κ3) is 6.36. The zero-order valence-electron chi connectivity index (χ0n) is 10.1. The lowest BCUT2D eigenvalue weighted by Gasteiger charge is -1.93. The second kappa shape index (κ2) is 8.34. The Kier molecular flexibility index (Phi) is 6.49. The molecular formula is C15H18O2. The number of hydrogen-bond acceptors (Lipinski definition) is 2. The van der Waals surface area contributed by atoms with Crippen LogP contribution < -0.4 is 0 Å². The molecule has 0 saturated heterocycles. The van der Waals surface area contributed by atoms with Crippen molar-refractivity contribution in [3.05, 3.63) is 54.3 Å². The number of carbonyl (C=O) groups is 1. The second-order valence-electron chi connectivity index (χ2n) is 3.69. The Hall–Kier alpha value is -1.83. The quantitative estimate of drug-likeness (QED) is 0.320. The molecule has 1 aromatic rings. The molecule has 0 aliphatic carbocycles. The number of hydrogen-bond donors (Lipinski definition) is 0. The van der Waals surface area contributed by atoms with Crippen molar-refractivity contribution in [1.29, 1.82) is 0 Å². The molecule has 0 bridgehead atoms. The highest BCUT2D eigenvalue weighted by molar-refractivity contribution is 5.87. The van der Waals surface area contributed by atoms with Crippen LogP contribution in [0.2, 0.25) is 0 Å². The predicted octanol–water partition coefficient (Wildman–Crippen LogP) is 3.95. The minimum atomic E-state index is -0.346. The fraction of sp³-hybridized carbons (Fsp3) is 0.267. The first kappa shape index (κ1) is 13.2. The molecule has 0 aromatic heterocycles. The number of rotatable bonds is 6. The summed E-state index contributed by atoms with van der Waals surface area (Å²) in [6, 6.07) is 9.65. The van der Waals surface area contributed by atoms with Crippen molar-refractivity contribution >= 4 is 12.0 Å². The molecule has 0 aliphatic heterocycles. The molecule has 0 N–H and O–H groups in total. The fourth-order valence-electron chi connectivity index (χ4n) is 1.27. The van der Waals surface area contributed by atoms with Gasteiger partial charge in [-0.15, -0.1) is 0 Å². The number of esters is 1. The standard InChI is InChI=1S/C15H18O2/c1-2-3-4-8-13-17-15(16)12-11-14-9-6-5-7-10-14/h5-13H,2-4H2,1H3/b12-11+,13-8+. The van der Waals surface area contributed by atoms with Crippen molar-refractivity contribution in [2.24, 2.45) is 0 Å². The lowest BCUT2D eigenvalue weighted by Crippen LogP contribution is -1.93. The summed E-state index contributed by atoms with van der Waals surface area (Å²) < 4.78 is 4.90. The largest absolute Gasteiger partial charge is 0.432 e. The Labute approximate surface area is 103 Å². The van der Waals surface area contributed by atoms with Gasteiger partial charge in [-0.25, -0.2) is 4.79 Å². The van der Waals surface area contributed by atoms with E-state index in [-0.39, 0.29) is 5.97 Å². The van der Waals surface area contributed by atoms with E-state index in [1.165, 1.54) is 12.3 Å². The molecule has 0 amide bonds. The van der Waals surface area contributed by atoms with Crippen molar-refractivity contribution in [3.63, 3.8) is 0 Å². The van der Waals surface area contributed by atoms with Crippen LogP contribution in [0.1, 0.15) is 31.7 Å². The highest BCUT2D eigenvalue weighted by Crippen LogP contribution is 2.01. The Bertz CT molecular complexity index is 377.